The van der Waals surface area contributed by atoms with E-state index in [2.05, 4.69) is 29.5 Å². The van der Waals surface area contributed by atoms with Crippen molar-refractivity contribution < 1.29 is 9.47 Å². The molecule has 0 aliphatic heterocycles. The third-order valence-electron chi connectivity index (χ3n) is 2.93. The molecule has 0 radical (unpaired) electrons. The van der Waals surface area contributed by atoms with Crippen LogP contribution in [-0.2, 0) is 13.0 Å². The molecule has 0 saturated carbocycles. The highest BCUT2D eigenvalue weighted by atomic mass is 32.1. The Morgan fingerprint density at radius 2 is 1.90 bits per heavy atom. The molecule has 2 rings (SSSR count). The van der Waals surface area contributed by atoms with Crippen molar-refractivity contribution in [2.75, 3.05) is 13.7 Å². The quantitative estimate of drug-likeness (QED) is 0.813. The van der Waals surface area contributed by atoms with Gasteiger partial charge < -0.3 is 14.8 Å². The maximum absolute atomic E-state index is 5.71. The second kappa shape index (κ2) is 8.00. The molecule has 0 aliphatic rings. The van der Waals surface area contributed by atoms with Gasteiger partial charge in [0.2, 0.25) is 0 Å². The molecule has 2 aromatic rings. The van der Waals surface area contributed by atoms with Gasteiger partial charge in [-0.2, -0.15) is 0 Å². The molecule has 0 bridgehead atoms. The van der Waals surface area contributed by atoms with E-state index < -0.39 is 0 Å². The Morgan fingerprint density at radius 1 is 1.19 bits per heavy atom. The van der Waals surface area contributed by atoms with Crippen LogP contribution in [0.15, 0.2) is 29.6 Å². The van der Waals surface area contributed by atoms with Gasteiger partial charge in [0.15, 0.2) is 0 Å². The van der Waals surface area contributed by atoms with E-state index in [9.17, 15) is 0 Å². The van der Waals surface area contributed by atoms with Crippen LogP contribution in [0.5, 0.6) is 11.5 Å². The minimum atomic E-state index is 0.480. The number of benzene rings is 1. The Kier molecular flexibility index (Phi) is 6.02. The molecule has 1 heterocycles. The molecule has 21 heavy (non-hydrogen) atoms. The lowest BCUT2D eigenvalue weighted by Gasteiger charge is -2.06. The molecule has 0 fully saturated rings. The van der Waals surface area contributed by atoms with Gasteiger partial charge in [-0.05, 0) is 24.3 Å². The molecular weight excluding hydrogens is 284 g/mol. The third-order valence-corrected chi connectivity index (χ3v) is 3.89. The topological polar surface area (TPSA) is 43.4 Å². The first kappa shape index (κ1) is 15.8. The maximum atomic E-state index is 5.71. The zero-order chi connectivity index (χ0) is 15.1. The first-order valence-corrected chi connectivity index (χ1v) is 7.99. The van der Waals surface area contributed by atoms with Gasteiger partial charge in [-0.1, -0.05) is 13.8 Å². The zero-order valence-electron chi connectivity index (χ0n) is 12.8. The lowest BCUT2D eigenvalue weighted by Crippen LogP contribution is -2.21. The second-order valence-electron chi connectivity index (χ2n) is 5.04. The standard InChI is InChI=1S/C16H22N2O2S/c1-12(2)17-10-13-11-21-16(18-13)8-9-20-15-6-4-14(19-3)5-7-15/h4-7,11-12,17H,8-10H2,1-3H3. The van der Waals surface area contributed by atoms with Gasteiger partial charge in [0.1, 0.15) is 11.5 Å². The van der Waals surface area contributed by atoms with Crippen LogP contribution in [0.4, 0.5) is 0 Å². The van der Waals surface area contributed by atoms with Gasteiger partial charge in [-0.15, -0.1) is 11.3 Å². The normalized spacial score (nSPS) is 10.9. The summed E-state index contributed by atoms with van der Waals surface area (Å²) >= 11 is 1.69. The van der Waals surface area contributed by atoms with Gasteiger partial charge in [-0.25, -0.2) is 4.98 Å². The Balaban J connectivity index is 1.75. The van der Waals surface area contributed by atoms with Gasteiger partial charge in [-0.3, -0.25) is 0 Å². The van der Waals surface area contributed by atoms with Crippen LogP contribution in [-0.4, -0.2) is 24.7 Å². The smallest absolute Gasteiger partial charge is 0.119 e. The van der Waals surface area contributed by atoms with Gasteiger partial charge in [0, 0.05) is 24.4 Å². The van der Waals surface area contributed by atoms with E-state index in [4.69, 9.17) is 9.47 Å². The highest BCUT2D eigenvalue weighted by Crippen LogP contribution is 2.17. The molecule has 0 unspecified atom stereocenters. The highest BCUT2D eigenvalue weighted by molar-refractivity contribution is 7.09. The first-order valence-electron chi connectivity index (χ1n) is 7.11. The molecule has 0 atom stereocenters. The zero-order valence-corrected chi connectivity index (χ0v) is 13.6. The van der Waals surface area contributed by atoms with Crippen molar-refractivity contribution >= 4 is 11.3 Å². The summed E-state index contributed by atoms with van der Waals surface area (Å²) in [6.07, 6.45) is 0.832. The fourth-order valence-electron chi connectivity index (χ4n) is 1.78. The second-order valence-corrected chi connectivity index (χ2v) is 5.98. The number of thiazole rings is 1. The summed E-state index contributed by atoms with van der Waals surface area (Å²) in [7, 11) is 1.66. The summed E-state index contributed by atoms with van der Waals surface area (Å²) in [5.41, 5.74) is 1.10. The van der Waals surface area contributed by atoms with Crippen molar-refractivity contribution in [2.24, 2.45) is 0 Å². The lowest BCUT2D eigenvalue weighted by atomic mass is 10.3. The van der Waals surface area contributed by atoms with Crippen LogP contribution in [0.2, 0.25) is 0 Å². The van der Waals surface area contributed by atoms with Gasteiger partial charge >= 0.3 is 0 Å². The van der Waals surface area contributed by atoms with Crippen LogP contribution in [0.25, 0.3) is 0 Å². The van der Waals surface area contributed by atoms with E-state index in [0.29, 0.717) is 12.6 Å². The van der Waals surface area contributed by atoms with E-state index >= 15 is 0 Å². The highest BCUT2D eigenvalue weighted by Gasteiger charge is 2.03. The molecular formula is C16H22N2O2S. The first-order chi connectivity index (χ1) is 10.2. The average molecular weight is 306 g/mol. The fraction of sp³-hybridized carbons (Fsp3) is 0.438. The monoisotopic (exact) mass is 306 g/mol. The summed E-state index contributed by atoms with van der Waals surface area (Å²) in [4.78, 5) is 4.60. The third kappa shape index (κ3) is 5.36. The fourth-order valence-corrected chi connectivity index (χ4v) is 2.56. The molecule has 0 spiro atoms. The van der Waals surface area contributed by atoms with E-state index in [1.807, 2.05) is 24.3 Å². The number of aromatic nitrogens is 1. The number of methoxy groups -OCH3 is 1. The molecule has 0 amide bonds. The summed E-state index contributed by atoms with van der Waals surface area (Å²) in [6.45, 7) is 5.73. The van der Waals surface area contributed by atoms with Crippen molar-refractivity contribution in [3.8, 4) is 11.5 Å². The lowest BCUT2D eigenvalue weighted by molar-refractivity contribution is 0.320. The molecule has 1 aromatic heterocycles. The van der Waals surface area contributed by atoms with Crippen LogP contribution in [0, 0.1) is 0 Å². The number of rotatable bonds is 8. The van der Waals surface area contributed by atoms with Crippen molar-refractivity contribution in [3.05, 3.63) is 40.3 Å². The predicted octanol–water partition coefficient (Wildman–Crippen LogP) is 3.27. The summed E-state index contributed by atoms with van der Waals surface area (Å²) in [5.74, 6) is 1.69. The summed E-state index contributed by atoms with van der Waals surface area (Å²) in [5, 5.41) is 6.59. The van der Waals surface area contributed by atoms with E-state index in [1.165, 1.54) is 0 Å². The predicted molar refractivity (Wildman–Crippen MR) is 86.3 cm³/mol. The molecule has 4 nitrogen and oxygen atoms in total. The van der Waals surface area contributed by atoms with Crippen LogP contribution >= 0.6 is 11.3 Å². The van der Waals surface area contributed by atoms with Gasteiger partial charge in [0.05, 0.1) is 24.4 Å². The molecule has 5 heteroatoms. The van der Waals surface area contributed by atoms with Crippen LogP contribution in [0.3, 0.4) is 0 Å². The summed E-state index contributed by atoms with van der Waals surface area (Å²) in [6, 6.07) is 8.11. The van der Waals surface area contributed by atoms with Crippen molar-refractivity contribution in [1.29, 1.82) is 0 Å². The average Bonchev–Trinajstić information content (AvgIpc) is 2.94. The summed E-state index contributed by atoms with van der Waals surface area (Å²) < 4.78 is 10.8. The Hall–Kier alpha value is -1.59. The number of ether oxygens (including phenoxy) is 2. The molecule has 1 aromatic carbocycles. The Labute approximate surface area is 130 Å². The van der Waals surface area contributed by atoms with Crippen molar-refractivity contribution in [1.82, 2.24) is 10.3 Å². The molecule has 1 N–H and O–H groups in total. The van der Waals surface area contributed by atoms with Crippen LogP contribution < -0.4 is 14.8 Å². The Bertz CT molecular complexity index is 537. The van der Waals surface area contributed by atoms with Crippen molar-refractivity contribution in [3.63, 3.8) is 0 Å². The van der Waals surface area contributed by atoms with Crippen LogP contribution in [0.1, 0.15) is 24.5 Å². The number of hydrogen-bond acceptors (Lipinski definition) is 5. The van der Waals surface area contributed by atoms with E-state index in [1.54, 1.807) is 18.4 Å². The molecule has 0 saturated heterocycles. The Morgan fingerprint density at radius 3 is 2.57 bits per heavy atom. The number of nitrogens with one attached hydrogen (secondary N) is 1. The number of nitrogens with zero attached hydrogens (tertiary/aromatic N) is 1. The van der Waals surface area contributed by atoms with Gasteiger partial charge in [0.25, 0.3) is 0 Å². The van der Waals surface area contributed by atoms with E-state index in [0.717, 1.165) is 35.2 Å². The minimum absolute atomic E-state index is 0.480. The van der Waals surface area contributed by atoms with Crippen molar-refractivity contribution in [2.45, 2.75) is 32.9 Å². The largest absolute Gasteiger partial charge is 0.497 e. The molecule has 0 aliphatic carbocycles. The molecule has 114 valence electrons. The van der Waals surface area contributed by atoms with E-state index in [-0.39, 0.29) is 0 Å². The maximum Gasteiger partial charge on any atom is 0.119 e. The minimum Gasteiger partial charge on any atom is -0.497 e. The SMILES string of the molecule is COc1ccc(OCCc2nc(CNC(C)C)cs2)cc1. The number of hydrogen-bond donors (Lipinski definition) is 1.